The van der Waals surface area contributed by atoms with E-state index in [0.717, 1.165) is 24.2 Å². The second-order valence-corrected chi connectivity index (χ2v) is 16.1. The zero-order valence-electron chi connectivity index (χ0n) is 24.0. The zero-order chi connectivity index (χ0) is 24.9. The van der Waals surface area contributed by atoms with Crippen molar-refractivity contribution in [3.05, 3.63) is 0 Å². The second kappa shape index (κ2) is 7.50. The lowest BCUT2D eigenvalue weighted by Gasteiger charge is -2.75. The summed E-state index contributed by atoms with van der Waals surface area (Å²) in [4.78, 5) is 11.8. The zero-order valence-corrected chi connectivity index (χ0v) is 24.0. The van der Waals surface area contributed by atoms with E-state index in [2.05, 4.69) is 55.4 Å². The first kappa shape index (κ1) is 25.1. The molecule has 5 fully saturated rings. The first-order chi connectivity index (χ1) is 15.6. The maximum atomic E-state index is 11.8. The van der Waals surface area contributed by atoms with Crippen molar-refractivity contribution >= 4 is 5.97 Å². The van der Waals surface area contributed by atoms with Crippen LogP contribution in [0, 0.1) is 56.2 Å². The quantitative estimate of drug-likeness (QED) is 0.358. The summed E-state index contributed by atoms with van der Waals surface area (Å²) >= 11 is 0. The van der Waals surface area contributed by atoms with Crippen molar-refractivity contribution in [3.8, 4) is 0 Å². The summed E-state index contributed by atoms with van der Waals surface area (Å²) in [5.74, 6) is 2.84. The van der Waals surface area contributed by atoms with Gasteiger partial charge in [-0.1, -0.05) is 55.4 Å². The molecule has 194 valence electrons. The van der Waals surface area contributed by atoms with Crippen LogP contribution in [0.5, 0.6) is 0 Å². The molecule has 0 radical (unpaired) electrons. The van der Waals surface area contributed by atoms with Gasteiger partial charge in [0.1, 0.15) is 6.10 Å². The van der Waals surface area contributed by atoms with Crippen LogP contribution in [-0.2, 0) is 9.53 Å². The molecule has 34 heavy (non-hydrogen) atoms. The summed E-state index contributed by atoms with van der Waals surface area (Å²) < 4.78 is 5.86. The molecule has 0 aromatic carbocycles. The normalized spacial score (nSPS) is 56.3. The van der Waals surface area contributed by atoms with Crippen LogP contribution in [0.1, 0.15) is 133 Å². The highest BCUT2D eigenvalue weighted by Gasteiger charge is 2.70. The summed E-state index contributed by atoms with van der Waals surface area (Å²) in [6, 6.07) is 0. The van der Waals surface area contributed by atoms with E-state index >= 15 is 0 Å². The van der Waals surface area contributed by atoms with Crippen LogP contribution in [0.4, 0.5) is 0 Å². The highest BCUT2D eigenvalue weighted by Crippen LogP contribution is 2.78. The lowest BCUT2D eigenvalue weighted by Crippen LogP contribution is -2.68. The molecule has 0 aromatic rings. The molecule has 5 aliphatic rings. The molecule has 2 heteroatoms. The average Bonchev–Trinajstić information content (AvgIpc) is 2.74. The van der Waals surface area contributed by atoms with Crippen molar-refractivity contribution in [2.75, 3.05) is 0 Å². The third-order valence-corrected chi connectivity index (χ3v) is 14.2. The molecule has 10 atom stereocenters. The minimum absolute atomic E-state index is 0.0968. The maximum Gasteiger partial charge on any atom is 0.302 e. The first-order valence-corrected chi connectivity index (χ1v) is 14.8. The fourth-order valence-electron chi connectivity index (χ4n) is 11.7. The Labute approximate surface area is 210 Å². The van der Waals surface area contributed by atoms with Gasteiger partial charge in [0.2, 0.25) is 0 Å². The molecule has 0 aliphatic heterocycles. The van der Waals surface area contributed by atoms with Crippen molar-refractivity contribution in [1.82, 2.24) is 0 Å². The number of carbonyl (C=O) groups is 1. The Morgan fingerprint density at radius 3 is 1.97 bits per heavy atom. The van der Waals surface area contributed by atoms with Crippen molar-refractivity contribution in [2.24, 2.45) is 56.2 Å². The number of esters is 1. The third-order valence-electron chi connectivity index (χ3n) is 14.2. The maximum absolute atomic E-state index is 11.8. The van der Waals surface area contributed by atoms with E-state index in [4.69, 9.17) is 4.74 Å². The highest BCUT2D eigenvalue weighted by molar-refractivity contribution is 5.66. The van der Waals surface area contributed by atoms with E-state index < -0.39 is 0 Å². The third kappa shape index (κ3) is 3.21. The lowest BCUT2D eigenvalue weighted by atomic mass is 9.30. The van der Waals surface area contributed by atoms with Crippen LogP contribution in [0.25, 0.3) is 0 Å². The molecule has 5 saturated carbocycles. The van der Waals surface area contributed by atoms with Gasteiger partial charge in [-0.2, -0.15) is 0 Å². The van der Waals surface area contributed by atoms with Crippen molar-refractivity contribution in [1.29, 1.82) is 0 Å². The highest BCUT2D eigenvalue weighted by atomic mass is 16.5. The molecule has 0 heterocycles. The van der Waals surface area contributed by atoms with Gasteiger partial charge in [0, 0.05) is 6.92 Å². The van der Waals surface area contributed by atoms with E-state index in [1.54, 1.807) is 6.92 Å². The SMILES string of the molecule is CC(=O)OC1CCC2[C@]3(C)CCC4(C)[C@@H]5CC(C)(C)CC[C@]5(C)CC[C@]4(C)C3CC[C@]2(C)[C@H]1C. The number of fused-ring (bicyclic) bond motifs is 7. The van der Waals surface area contributed by atoms with Crippen LogP contribution < -0.4 is 0 Å². The number of hydrogen-bond donors (Lipinski definition) is 0. The van der Waals surface area contributed by atoms with Gasteiger partial charge in [-0.3, -0.25) is 4.79 Å². The molecule has 0 spiro atoms. The van der Waals surface area contributed by atoms with Crippen LogP contribution in [0.15, 0.2) is 0 Å². The van der Waals surface area contributed by atoms with Crippen LogP contribution in [-0.4, -0.2) is 12.1 Å². The van der Waals surface area contributed by atoms with E-state index in [1.807, 2.05) is 0 Å². The molecule has 2 nitrogen and oxygen atoms in total. The predicted molar refractivity (Wildman–Crippen MR) is 140 cm³/mol. The summed E-state index contributed by atoms with van der Waals surface area (Å²) in [6.07, 6.45) is 15.1. The van der Waals surface area contributed by atoms with Crippen LogP contribution >= 0.6 is 0 Å². The minimum atomic E-state index is -0.0968. The number of rotatable bonds is 1. The minimum Gasteiger partial charge on any atom is -0.462 e. The number of carbonyl (C=O) groups excluding carboxylic acids is 1. The van der Waals surface area contributed by atoms with Gasteiger partial charge >= 0.3 is 5.97 Å². The Morgan fingerprint density at radius 1 is 0.676 bits per heavy atom. The molecule has 0 N–H and O–H groups in total. The van der Waals surface area contributed by atoms with Gasteiger partial charge in [0.25, 0.3) is 0 Å². The van der Waals surface area contributed by atoms with Gasteiger partial charge < -0.3 is 4.74 Å². The first-order valence-electron chi connectivity index (χ1n) is 14.8. The Kier molecular flexibility index (Phi) is 5.55. The summed E-state index contributed by atoms with van der Waals surface area (Å²) in [7, 11) is 0. The Hall–Kier alpha value is -0.530. The topological polar surface area (TPSA) is 26.3 Å². The van der Waals surface area contributed by atoms with E-state index in [0.29, 0.717) is 38.4 Å². The number of hydrogen-bond acceptors (Lipinski definition) is 2. The largest absolute Gasteiger partial charge is 0.462 e. The van der Waals surface area contributed by atoms with E-state index in [9.17, 15) is 4.79 Å². The molecular formula is C32H54O2. The van der Waals surface area contributed by atoms with Gasteiger partial charge in [0.05, 0.1) is 0 Å². The van der Waals surface area contributed by atoms with Crippen molar-refractivity contribution < 1.29 is 9.53 Å². The second-order valence-electron chi connectivity index (χ2n) is 16.1. The molecule has 0 bridgehead atoms. The van der Waals surface area contributed by atoms with Crippen LogP contribution in [0.2, 0.25) is 0 Å². The van der Waals surface area contributed by atoms with Crippen LogP contribution in [0.3, 0.4) is 0 Å². The van der Waals surface area contributed by atoms with E-state index in [-0.39, 0.29) is 12.1 Å². The molecule has 5 aliphatic carbocycles. The monoisotopic (exact) mass is 470 g/mol. The van der Waals surface area contributed by atoms with Crippen molar-refractivity contribution in [3.63, 3.8) is 0 Å². The van der Waals surface area contributed by atoms with Gasteiger partial charge in [-0.05, 0) is 127 Å². The van der Waals surface area contributed by atoms with Gasteiger partial charge in [0.15, 0.2) is 0 Å². The average molecular weight is 471 g/mol. The van der Waals surface area contributed by atoms with Crippen molar-refractivity contribution in [2.45, 2.75) is 139 Å². The molecule has 5 rings (SSSR count). The molecule has 0 aromatic heterocycles. The van der Waals surface area contributed by atoms with Gasteiger partial charge in [-0.25, -0.2) is 0 Å². The predicted octanol–water partition coefficient (Wildman–Crippen LogP) is 8.82. The smallest absolute Gasteiger partial charge is 0.302 e. The molecule has 0 saturated heterocycles. The fraction of sp³-hybridized carbons (Fsp3) is 0.969. The molecule has 0 amide bonds. The molecule has 4 unspecified atom stereocenters. The lowest BCUT2D eigenvalue weighted by molar-refractivity contribution is -0.263. The Morgan fingerprint density at radius 2 is 1.29 bits per heavy atom. The van der Waals surface area contributed by atoms with E-state index in [1.165, 1.54) is 64.2 Å². The Bertz CT molecular complexity index is 846. The number of ether oxygens (including phenoxy) is 1. The summed E-state index contributed by atoms with van der Waals surface area (Å²) in [5, 5.41) is 0. The van der Waals surface area contributed by atoms with Gasteiger partial charge in [-0.15, -0.1) is 0 Å². The summed E-state index contributed by atoms with van der Waals surface area (Å²) in [5.41, 5.74) is 2.70. The molecular weight excluding hydrogens is 416 g/mol. The fourth-order valence-corrected chi connectivity index (χ4v) is 11.7. The summed E-state index contributed by atoms with van der Waals surface area (Å²) in [6.45, 7) is 22.5. The standard InChI is InChI=1S/C32H54O2/c1-21-23(34-22(2)33)10-11-24-29(21,6)13-12-25-30(24,7)17-19-32(9)26-20-27(3,4)14-15-28(26,5)16-18-31(25,32)8/h21,23-26H,10-20H2,1-9H3/t21-,23?,24?,25?,26+,28+,29+,30-,31+,32?/m0/s1. The Balaban J connectivity index is 1.49.